The highest BCUT2D eigenvalue weighted by Gasteiger charge is 2.39. The van der Waals surface area contributed by atoms with E-state index >= 15 is 0 Å². The van der Waals surface area contributed by atoms with Crippen LogP contribution in [0.15, 0.2) is 24.3 Å². The Bertz CT molecular complexity index is 402. The molecule has 0 amide bonds. The highest BCUT2D eigenvalue weighted by Crippen LogP contribution is 2.44. The molecule has 2 heteroatoms. The maximum Gasteiger partial charge on any atom is 0.0307 e. The zero-order chi connectivity index (χ0) is 14.6. The van der Waals surface area contributed by atoms with Gasteiger partial charge in [0.25, 0.3) is 0 Å². The molecule has 0 bridgehead atoms. The molecule has 0 aromatic heterocycles. The third-order valence-corrected chi connectivity index (χ3v) is 5.33. The minimum Gasteiger partial charge on any atom is -0.271 e. The first-order chi connectivity index (χ1) is 9.61. The summed E-state index contributed by atoms with van der Waals surface area (Å²) in [6.07, 6.45) is 7.64. The van der Waals surface area contributed by atoms with Crippen molar-refractivity contribution in [1.29, 1.82) is 0 Å². The molecule has 1 aromatic rings. The lowest BCUT2D eigenvalue weighted by Crippen LogP contribution is -2.48. The van der Waals surface area contributed by atoms with Gasteiger partial charge in [-0.3, -0.25) is 11.3 Å². The predicted octanol–water partition coefficient (Wildman–Crippen LogP) is 4.15. The Labute approximate surface area is 124 Å². The predicted molar refractivity (Wildman–Crippen MR) is 86.5 cm³/mol. The molecule has 1 saturated carbocycles. The van der Waals surface area contributed by atoms with Crippen molar-refractivity contribution in [3.05, 3.63) is 35.4 Å². The summed E-state index contributed by atoms with van der Waals surface area (Å²) in [4.78, 5) is 0. The van der Waals surface area contributed by atoms with Crippen LogP contribution in [0.2, 0.25) is 0 Å². The Hall–Kier alpha value is -0.860. The number of hydrogen-bond acceptors (Lipinski definition) is 2. The first-order valence-corrected chi connectivity index (χ1v) is 8.16. The Morgan fingerprint density at radius 3 is 2.20 bits per heavy atom. The molecule has 0 heterocycles. The summed E-state index contributed by atoms with van der Waals surface area (Å²) < 4.78 is 0. The highest BCUT2D eigenvalue weighted by atomic mass is 15.2. The third kappa shape index (κ3) is 3.24. The van der Waals surface area contributed by atoms with Crippen LogP contribution < -0.4 is 11.3 Å². The Morgan fingerprint density at radius 2 is 1.75 bits per heavy atom. The highest BCUT2D eigenvalue weighted by molar-refractivity contribution is 5.25. The maximum atomic E-state index is 5.89. The van der Waals surface area contributed by atoms with Gasteiger partial charge in [-0.2, -0.15) is 0 Å². The summed E-state index contributed by atoms with van der Waals surface area (Å²) in [7, 11) is 0. The van der Waals surface area contributed by atoms with Gasteiger partial charge in [0.2, 0.25) is 0 Å². The molecule has 0 saturated heterocycles. The number of hydrogen-bond donors (Lipinski definition) is 2. The van der Waals surface area contributed by atoms with Gasteiger partial charge < -0.3 is 0 Å². The number of rotatable bonds is 6. The zero-order valence-electron chi connectivity index (χ0n) is 13.3. The fourth-order valence-corrected chi connectivity index (χ4v) is 3.75. The average Bonchev–Trinajstić information content (AvgIpc) is 2.95. The molecule has 0 aliphatic heterocycles. The van der Waals surface area contributed by atoms with E-state index in [0.717, 1.165) is 6.42 Å². The molecular formula is C18H30N2. The second-order valence-corrected chi connectivity index (χ2v) is 6.74. The summed E-state index contributed by atoms with van der Waals surface area (Å²) in [5.41, 5.74) is 6.34. The van der Waals surface area contributed by atoms with Gasteiger partial charge in [0, 0.05) is 6.04 Å². The molecule has 20 heavy (non-hydrogen) atoms. The fraction of sp³-hybridized carbons (Fsp3) is 0.667. The van der Waals surface area contributed by atoms with Gasteiger partial charge in [0.15, 0.2) is 0 Å². The Kier molecular flexibility index (Phi) is 5.22. The second-order valence-electron chi connectivity index (χ2n) is 6.74. The molecule has 1 aliphatic rings. The molecule has 1 atom stereocenters. The summed E-state index contributed by atoms with van der Waals surface area (Å²) >= 11 is 0. The van der Waals surface area contributed by atoms with E-state index in [-0.39, 0.29) is 0 Å². The SMILES string of the molecule is CCC1(C(Cc2ccc(C(C)C)cc2)NN)CCCC1. The standard InChI is InChI=1S/C18H30N2/c1-4-18(11-5-6-12-18)17(20-19)13-15-7-9-16(10-8-15)14(2)3/h7-10,14,17,20H,4-6,11-13,19H2,1-3H3. The van der Waals surface area contributed by atoms with Gasteiger partial charge in [-0.1, -0.05) is 57.9 Å². The van der Waals surface area contributed by atoms with Gasteiger partial charge in [-0.15, -0.1) is 0 Å². The van der Waals surface area contributed by atoms with Gasteiger partial charge in [0.1, 0.15) is 0 Å². The van der Waals surface area contributed by atoms with Gasteiger partial charge in [-0.25, -0.2) is 0 Å². The monoisotopic (exact) mass is 274 g/mol. The van der Waals surface area contributed by atoms with Crippen LogP contribution in [0.1, 0.15) is 69.9 Å². The molecule has 1 fully saturated rings. The van der Waals surface area contributed by atoms with E-state index in [9.17, 15) is 0 Å². The van der Waals surface area contributed by atoms with Crippen LogP contribution in [0.5, 0.6) is 0 Å². The Morgan fingerprint density at radius 1 is 1.15 bits per heavy atom. The van der Waals surface area contributed by atoms with Gasteiger partial charge >= 0.3 is 0 Å². The van der Waals surface area contributed by atoms with E-state index in [0.29, 0.717) is 17.4 Å². The minimum atomic E-state index is 0.403. The maximum absolute atomic E-state index is 5.89. The van der Waals surface area contributed by atoms with Crippen molar-refractivity contribution in [3.8, 4) is 0 Å². The summed E-state index contributed by atoms with van der Waals surface area (Å²) in [6.45, 7) is 6.80. The van der Waals surface area contributed by atoms with Crippen LogP contribution in [-0.2, 0) is 6.42 Å². The molecule has 1 unspecified atom stereocenters. The van der Waals surface area contributed by atoms with Crippen LogP contribution in [0.25, 0.3) is 0 Å². The van der Waals surface area contributed by atoms with Crippen LogP contribution in [-0.4, -0.2) is 6.04 Å². The van der Waals surface area contributed by atoms with E-state index in [4.69, 9.17) is 5.84 Å². The first-order valence-electron chi connectivity index (χ1n) is 8.16. The lowest BCUT2D eigenvalue weighted by Gasteiger charge is -2.36. The van der Waals surface area contributed by atoms with Crippen molar-refractivity contribution < 1.29 is 0 Å². The lowest BCUT2D eigenvalue weighted by molar-refractivity contribution is 0.185. The quantitative estimate of drug-likeness (QED) is 0.604. The van der Waals surface area contributed by atoms with Crippen LogP contribution in [0.3, 0.4) is 0 Å². The van der Waals surface area contributed by atoms with Crippen molar-refractivity contribution in [2.45, 2.75) is 71.3 Å². The summed E-state index contributed by atoms with van der Waals surface area (Å²) in [5.74, 6) is 6.49. The Balaban J connectivity index is 2.09. The van der Waals surface area contributed by atoms with Crippen molar-refractivity contribution in [1.82, 2.24) is 5.43 Å². The van der Waals surface area contributed by atoms with Crippen LogP contribution >= 0.6 is 0 Å². The number of nitrogens with one attached hydrogen (secondary N) is 1. The summed E-state index contributed by atoms with van der Waals surface area (Å²) in [6, 6.07) is 9.48. The van der Waals surface area contributed by atoms with Crippen LogP contribution in [0.4, 0.5) is 0 Å². The largest absolute Gasteiger partial charge is 0.271 e. The molecule has 0 radical (unpaired) electrons. The summed E-state index contributed by atoms with van der Waals surface area (Å²) in [5, 5.41) is 0. The molecule has 0 spiro atoms. The zero-order valence-corrected chi connectivity index (χ0v) is 13.3. The van der Waals surface area contributed by atoms with E-state index in [1.807, 2.05) is 0 Å². The van der Waals surface area contributed by atoms with Gasteiger partial charge in [-0.05, 0) is 48.1 Å². The normalized spacial score (nSPS) is 19.4. The molecule has 112 valence electrons. The van der Waals surface area contributed by atoms with Crippen molar-refractivity contribution in [2.75, 3.05) is 0 Å². The molecule has 1 aliphatic carbocycles. The minimum absolute atomic E-state index is 0.403. The molecule has 1 aromatic carbocycles. The van der Waals surface area contributed by atoms with Crippen molar-refractivity contribution in [3.63, 3.8) is 0 Å². The fourth-order valence-electron chi connectivity index (χ4n) is 3.75. The molecule has 3 N–H and O–H groups in total. The van der Waals surface area contributed by atoms with E-state index in [2.05, 4.69) is 50.5 Å². The average molecular weight is 274 g/mol. The number of nitrogens with two attached hydrogens (primary N) is 1. The number of hydrazine groups is 1. The third-order valence-electron chi connectivity index (χ3n) is 5.33. The smallest absolute Gasteiger partial charge is 0.0307 e. The molecule has 2 rings (SSSR count). The van der Waals surface area contributed by atoms with Gasteiger partial charge in [0.05, 0.1) is 0 Å². The van der Waals surface area contributed by atoms with E-state index in [1.165, 1.54) is 43.2 Å². The number of benzene rings is 1. The first kappa shape index (κ1) is 15.5. The van der Waals surface area contributed by atoms with E-state index in [1.54, 1.807) is 0 Å². The van der Waals surface area contributed by atoms with Crippen molar-refractivity contribution >= 4 is 0 Å². The molecule has 2 nitrogen and oxygen atoms in total. The second kappa shape index (κ2) is 6.73. The van der Waals surface area contributed by atoms with Crippen LogP contribution in [0, 0.1) is 5.41 Å². The van der Waals surface area contributed by atoms with Crippen molar-refractivity contribution in [2.24, 2.45) is 11.3 Å². The topological polar surface area (TPSA) is 38.0 Å². The van der Waals surface area contributed by atoms with E-state index < -0.39 is 0 Å². The lowest BCUT2D eigenvalue weighted by atomic mass is 9.74. The molecular weight excluding hydrogens is 244 g/mol.